The van der Waals surface area contributed by atoms with Crippen LogP contribution in [0.1, 0.15) is 5.76 Å². The van der Waals surface area contributed by atoms with Crippen molar-refractivity contribution in [2.75, 3.05) is 7.05 Å². The van der Waals surface area contributed by atoms with Crippen molar-refractivity contribution in [2.45, 2.75) is 0 Å². The van der Waals surface area contributed by atoms with E-state index >= 15 is 0 Å². The van der Waals surface area contributed by atoms with Gasteiger partial charge in [-0.2, -0.15) is 5.26 Å². The Kier molecular flexibility index (Phi) is 3.98. The maximum Gasteiger partial charge on any atom is 0.151 e. The predicted molar refractivity (Wildman–Crippen MR) is 86.1 cm³/mol. The number of aromatic nitrogens is 1. The molecule has 23 heavy (non-hydrogen) atoms. The van der Waals surface area contributed by atoms with Gasteiger partial charge in [0.25, 0.3) is 0 Å². The summed E-state index contributed by atoms with van der Waals surface area (Å²) < 4.78 is 21.5. The molecule has 1 aromatic carbocycles. The molecule has 0 fully saturated rings. The first kappa shape index (κ1) is 14.7. The molecule has 0 radical (unpaired) electrons. The SMILES string of the molecule is CN/C(C#N)=C\c1ccc(-c2cccn2-c2ccccc2F)o1. The highest BCUT2D eigenvalue weighted by molar-refractivity contribution is 5.61. The summed E-state index contributed by atoms with van der Waals surface area (Å²) in [7, 11) is 1.67. The van der Waals surface area contributed by atoms with Crippen LogP contribution >= 0.6 is 0 Å². The zero-order valence-corrected chi connectivity index (χ0v) is 12.5. The Bertz CT molecular complexity index is 899. The first-order valence-electron chi connectivity index (χ1n) is 7.05. The largest absolute Gasteiger partial charge is 0.455 e. The van der Waals surface area contributed by atoms with Gasteiger partial charge in [-0.3, -0.25) is 0 Å². The minimum atomic E-state index is -0.307. The van der Waals surface area contributed by atoms with Crippen molar-refractivity contribution >= 4 is 6.08 Å². The molecule has 3 aromatic rings. The minimum Gasteiger partial charge on any atom is -0.455 e. The number of halogens is 1. The molecule has 2 heterocycles. The Morgan fingerprint density at radius 2 is 2.04 bits per heavy atom. The summed E-state index contributed by atoms with van der Waals surface area (Å²) in [5.74, 6) is 0.837. The van der Waals surface area contributed by atoms with Crippen molar-refractivity contribution in [1.82, 2.24) is 9.88 Å². The highest BCUT2D eigenvalue weighted by atomic mass is 19.1. The summed E-state index contributed by atoms with van der Waals surface area (Å²) in [6.07, 6.45) is 3.39. The molecular weight excluding hydrogens is 293 g/mol. The number of hydrogen-bond acceptors (Lipinski definition) is 3. The smallest absolute Gasteiger partial charge is 0.151 e. The molecule has 2 aromatic heterocycles. The maximum absolute atomic E-state index is 14.0. The lowest BCUT2D eigenvalue weighted by Crippen LogP contribution is -2.02. The summed E-state index contributed by atoms with van der Waals surface area (Å²) in [4.78, 5) is 0. The van der Waals surface area contributed by atoms with Gasteiger partial charge in [-0.25, -0.2) is 4.39 Å². The zero-order valence-electron chi connectivity index (χ0n) is 12.5. The Morgan fingerprint density at radius 1 is 1.22 bits per heavy atom. The van der Waals surface area contributed by atoms with E-state index in [1.165, 1.54) is 6.07 Å². The van der Waals surface area contributed by atoms with Crippen LogP contribution in [0.4, 0.5) is 4.39 Å². The van der Waals surface area contributed by atoms with E-state index in [1.54, 1.807) is 54.2 Å². The number of hydrogen-bond donors (Lipinski definition) is 1. The van der Waals surface area contributed by atoms with E-state index in [2.05, 4.69) is 5.32 Å². The van der Waals surface area contributed by atoms with Gasteiger partial charge in [0.15, 0.2) is 5.76 Å². The lowest BCUT2D eigenvalue weighted by molar-refractivity contribution is 0.566. The first-order chi connectivity index (χ1) is 11.2. The fourth-order valence-electron chi connectivity index (χ4n) is 2.31. The molecule has 114 valence electrons. The number of nitrogens with one attached hydrogen (secondary N) is 1. The Labute approximate surface area is 133 Å². The number of nitrogens with zero attached hydrogens (tertiary/aromatic N) is 2. The third-order valence-corrected chi connectivity index (χ3v) is 3.42. The van der Waals surface area contributed by atoms with Crippen LogP contribution in [0, 0.1) is 17.1 Å². The summed E-state index contributed by atoms with van der Waals surface area (Å²) in [6, 6.07) is 15.8. The van der Waals surface area contributed by atoms with E-state index in [-0.39, 0.29) is 5.82 Å². The monoisotopic (exact) mass is 307 g/mol. The molecule has 0 amide bonds. The topological polar surface area (TPSA) is 53.9 Å². The molecule has 0 atom stereocenters. The van der Waals surface area contributed by atoms with Crippen molar-refractivity contribution in [3.63, 3.8) is 0 Å². The number of benzene rings is 1. The van der Waals surface area contributed by atoms with Gasteiger partial charge in [-0.05, 0) is 36.4 Å². The van der Waals surface area contributed by atoms with Crippen LogP contribution in [-0.4, -0.2) is 11.6 Å². The van der Waals surface area contributed by atoms with Crippen LogP contribution < -0.4 is 5.32 Å². The molecular formula is C18H14FN3O. The molecule has 0 saturated heterocycles. The van der Waals surface area contributed by atoms with Crippen LogP contribution in [0.2, 0.25) is 0 Å². The highest BCUT2D eigenvalue weighted by Crippen LogP contribution is 2.27. The van der Waals surface area contributed by atoms with Gasteiger partial charge in [-0.1, -0.05) is 12.1 Å². The van der Waals surface area contributed by atoms with Gasteiger partial charge < -0.3 is 14.3 Å². The number of nitriles is 1. The fraction of sp³-hybridized carbons (Fsp3) is 0.0556. The minimum absolute atomic E-state index is 0.307. The van der Waals surface area contributed by atoms with E-state index in [4.69, 9.17) is 9.68 Å². The summed E-state index contributed by atoms with van der Waals surface area (Å²) in [5.41, 5.74) is 1.59. The van der Waals surface area contributed by atoms with Crippen LogP contribution in [0.5, 0.6) is 0 Å². The second kappa shape index (κ2) is 6.24. The van der Waals surface area contributed by atoms with Crippen molar-refractivity contribution in [2.24, 2.45) is 0 Å². The maximum atomic E-state index is 14.0. The van der Waals surface area contributed by atoms with Crippen molar-refractivity contribution in [3.8, 4) is 23.2 Å². The predicted octanol–water partition coefficient (Wildman–Crippen LogP) is 3.96. The molecule has 1 N–H and O–H groups in total. The van der Waals surface area contributed by atoms with E-state index in [0.29, 0.717) is 22.9 Å². The van der Waals surface area contributed by atoms with Gasteiger partial charge >= 0.3 is 0 Å². The number of allylic oxidation sites excluding steroid dienone is 1. The Balaban J connectivity index is 2.01. The Hall–Kier alpha value is -3.26. The first-order valence-corrected chi connectivity index (χ1v) is 7.05. The number of para-hydroxylation sites is 1. The van der Waals surface area contributed by atoms with Gasteiger partial charge in [0, 0.05) is 19.3 Å². The van der Waals surface area contributed by atoms with Crippen LogP contribution in [0.3, 0.4) is 0 Å². The van der Waals surface area contributed by atoms with E-state index in [0.717, 1.165) is 5.69 Å². The molecule has 4 nitrogen and oxygen atoms in total. The lowest BCUT2D eigenvalue weighted by atomic mass is 10.2. The molecule has 0 aliphatic heterocycles. The summed E-state index contributed by atoms with van der Waals surface area (Å²) in [5, 5.41) is 11.7. The summed E-state index contributed by atoms with van der Waals surface area (Å²) >= 11 is 0. The van der Waals surface area contributed by atoms with Gasteiger partial charge in [-0.15, -0.1) is 0 Å². The molecule has 0 aliphatic carbocycles. The molecule has 5 heteroatoms. The van der Waals surface area contributed by atoms with E-state index < -0.39 is 0 Å². The number of rotatable bonds is 4. The van der Waals surface area contributed by atoms with E-state index in [9.17, 15) is 4.39 Å². The molecule has 3 rings (SSSR count). The second-order valence-electron chi connectivity index (χ2n) is 4.84. The molecule has 0 unspecified atom stereocenters. The standard InChI is InChI=1S/C18H14FN3O/c1-21-13(12-20)11-14-8-9-18(23-14)17-7-4-10-22(17)16-6-3-2-5-15(16)19/h2-11,21H,1H3/b13-11-. The van der Waals surface area contributed by atoms with Crippen LogP contribution in [-0.2, 0) is 0 Å². The molecule has 0 spiro atoms. The number of furan rings is 1. The van der Waals surface area contributed by atoms with Crippen molar-refractivity contribution in [3.05, 3.63) is 72.0 Å². The van der Waals surface area contributed by atoms with Crippen molar-refractivity contribution in [1.29, 1.82) is 5.26 Å². The molecule has 0 saturated carbocycles. The van der Waals surface area contributed by atoms with Crippen LogP contribution in [0.25, 0.3) is 23.2 Å². The third-order valence-electron chi connectivity index (χ3n) is 3.42. The van der Waals surface area contributed by atoms with E-state index in [1.807, 2.05) is 18.2 Å². The van der Waals surface area contributed by atoms with Gasteiger partial charge in [0.2, 0.25) is 0 Å². The molecule has 0 bridgehead atoms. The average Bonchev–Trinajstić information content (AvgIpc) is 3.22. The van der Waals surface area contributed by atoms with Gasteiger partial charge in [0.1, 0.15) is 23.3 Å². The molecule has 0 aliphatic rings. The highest BCUT2D eigenvalue weighted by Gasteiger charge is 2.12. The van der Waals surface area contributed by atoms with Gasteiger partial charge in [0.05, 0.1) is 11.4 Å². The normalized spacial score (nSPS) is 11.3. The van der Waals surface area contributed by atoms with Crippen LogP contribution in [0.15, 0.2) is 64.8 Å². The van der Waals surface area contributed by atoms with Crippen molar-refractivity contribution < 1.29 is 8.81 Å². The third kappa shape index (κ3) is 2.87. The summed E-state index contributed by atoms with van der Waals surface area (Å²) in [6.45, 7) is 0. The average molecular weight is 307 g/mol. The zero-order chi connectivity index (χ0) is 16.2. The quantitative estimate of drug-likeness (QED) is 0.742. The fourth-order valence-corrected chi connectivity index (χ4v) is 2.31. The lowest BCUT2D eigenvalue weighted by Gasteiger charge is -2.08. The Morgan fingerprint density at radius 3 is 2.78 bits per heavy atom. The second-order valence-corrected chi connectivity index (χ2v) is 4.84.